The van der Waals surface area contributed by atoms with Crippen molar-refractivity contribution >= 4 is 16.9 Å². The Morgan fingerprint density at radius 3 is 2.39 bits per heavy atom. The summed E-state index contributed by atoms with van der Waals surface area (Å²) in [4.78, 5) is 24.4. The number of carbonyl (C=O) groups excluding carboxylic acids is 1. The van der Waals surface area contributed by atoms with Crippen LogP contribution in [-0.2, 0) is 16.1 Å². The van der Waals surface area contributed by atoms with Gasteiger partial charge in [0.25, 0.3) is 0 Å². The third-order valence-electron chi connectivity index (χ3n) is 4.71. The molecule has 0 radical (unpaired) electrons. The van der Waals surface area contributed by atoms with Crippen LogP contribution in [0.3, 0.4) is 0 Å². The quantitative estimate of drug-likeness (QED) is 0.324. The highest BCUT2D eigenvalue weighted by Crippen LogP contribution is 2.25. The molecule has 1 heterocycles. The summed E-state index contributed by atoms with van der Waals surface area (Å²) in [5.74, 6) is 0.628. The van der Waals surface area contributed by atoms with Crippen LogP contribution < -0.4 is 15.1 Å². The largest absolute Gasteiger partial charge is 0.497 e. The fourth-order valence-electron chi connectivity index (χ4n) is 3.08. The van der Waals surface area contributed by atoms with Crippen LogP contribution in [0.2, 0.25) is 0 Å². The predicted octanol–water partition coefficient (Wildman–Crippen LogP) is 4.59. The van der Waals surface area contributed by atoms with E-state index in [0.29, 0.717) is 22.6 Å². The van der Waals surface area contributed by atoms with Gasteiger partial charge in [-0.3, -0.25) is 0 Å². The Bertz CT molecular complexity index is 1240. The molecule has 156 valence electrons. The Morgan fingerprint density at radius 2 is 1.65 bits per heavy atom. The summed E-state index contributed by atoms with van der Waals surface area (Å²) in [6.45, 7) is -0.0593. The molecule has 3 aromatic carbocycles. The SMILES string of the molecule is COc1ccc(-c2cc3ccc(OCC(=O)OCc4ccccc4)cc3oc2=O)cc1. The third-order valence-corrected chi connectivity index (χ3v) is 4.71. The highest BCUT2D eigenvalue weighted by atomic mass is 16.6. The molecule has 0 bridgehead atoms. The maximum atomic E-state index is 12.5. The number of methoxy groups -OCH3 is 1. The molecule has 4 aromatic rings. The molecular formula is C25H20O6. The first kappa shape index (κ1) is 20.2. The average Bonchev–Trinajstić information content (AvgIpc) is 2.81. The van der Waals surface area contributed by atoms with Crippen LogP contribution in [0.4, 0.5) is 0 Å². The van der Waals surface area contributed by atoms with Crippen molar-refractivity contribution in [1.29, 1.82) is 0 Å². The molecule has 0 amide bonds. The van der Waals surface area contributed by atoms with Crippen molar-refractivity contribution in [3.8, 4) is 22.6 Å². The zero-order chi connectivity index (χ0) is 21.6. The summed E-state index contributed by atoms with van der Waals surface area (Å²) in [5.41, 5.74) is 2.00. The maximum absolute atomic E-state index is 12.5. The molecule has 6 nitrogen and oxygen atoms in total. The van der Waals surface area contributed by atoms with Crippen molar-refractivity contribution in [1.82, 2.24) is 0 Å². The number of rotatable bonds is 7. The van der Waals surface area contributed by atoms with Gasteiger partial charge in [-0.15, -0.1) is 0 Å². The van der Waals surface area contributed by atoms with Crippen LogP contribution in [0.15, 0.2) is 88.1 Å². The number of ether oxygens (including phenoxy) is 3. The van der Waals surface area contributed by atoms with Gasteiger partial charge in [0.15, 0.2) is 6.61 Å². The molecule has 0 aliphatic rings. The van der Waals surface area contributed by atoms with Gasteiger partial charge in [0.2, 0.25) is 0 Å². The van der Waals surface area contributed by atoms with Crippen LogP contribution >= 0.6 is 0 Å². The van der Waals surface area contributed by atoms with E-state index in [-0.39, 0.29) is 13.2 Å². The van der Waals surface area contributed by atoms with E-state index in [1.165, 1.54) is 0 Å². The molecule has 0 N–H and O–H groups in total. The fraction of sp³-hybridized carbons (Fsp3) is 0.120. The number of esters is 1. The van der Waals surface area contributed by atoms with Gasteiger partial charge in [0.05, 0.1) is 12.7 Å². The van der Waals surface area contributed by atoms with Crippen molar-refractivity contribution in [2.24, 2.45) is 0 Å². The smallest absolute Gasteiger partial charge is 0.344 e. The number of carbonyl (C=O) groups is 1. The Morgan fingerprint density at radius 1 is 0.903 bits per heavy atom. The highest BCUT2D eigenvalue weighted by molar-refractivity contribution is 5.83. The molecule has 6 heteroatoms. The first-order valence-corrected chi connectivity index (χ1v) is 9.67. The molecule has 0 atom stereocenters. The molecule has 0 saturated carbocycles. The number of hydrogen-bond acceptors (Lipinski definition) is 6. The Kier molecular flexibility index (Phi) is 5.98. The first-order valence-electron chi connectivity index (χ1n) is 9.67. The summed E-state index contributed by atoms with van der Waals surface area (Å²) in [5, 5.41) is 0.740. The van der Waals surface area contributed by atoms with E-state index >= 15 is 0 Å². The van der Waals surface area contributed by atoms with E-state index < -0.39 is 11.6 Å². The van der Waals surface area contributed by atoms with Crippen LogP contribution in [0.1, 0.15) is 5.56 Å². The molecule has 0 unspecified atom stereocenters. The van der Waals surface area contributed by atoms with Crippen LogP contribution in [0, 0.1) is 0 Å². The summed E-state index contributed by atoms with van der Waals surface area (Å²) in [7, 11) is 1.59. The van der Waals surface area contributed by atoms with E-state index in [0.717, 1.165) is 16.5 Å². The second-order valence-corrected chi connectivity index (χ2v) is 6.81. The second kappa shape index (κ2) is 9.17. The molecule has 0 aliphatic carbocycles. The lowest BCUT2D eigenvalue weighted by atomic mass is 10.1. The Labute approximate surface area is 178 Å². The zero-order valence-electron chi connectivity index (χ0n) is 16.9. The summed E-state index contributed by atoms with van der Waals surface area (Å²) >= 11 is 0. The molecule has 31 heavy (non-hydrogen) atoms. The number of benzene rings is 3. The zero-order valence-corrected chi connectivity index (χ0v) is 16.9. The fourth-order valence-corrected chi connectivity index (χ4v) is 3.08. The second-order valence-electron chi connectivity index (χ2n) is 6.81. The van der Waals surface area contributed by atoms with E-state index in [1.807, 2.05) is 30.3 Å². The van der Waals surface area contributed by atoms with E-state index in [1.54, 1.807) is 55.6 Å². The lowest BCUT2D eigenvalue weighted by molar-refractivity contribution is -0.147. The normalized spacial score (nSPS) is 10.6. The van der Waals surface area contributed by atoms with Gasteiger partial charge in [-0.05, 0) is 41.5 Å². The lowest BCUT2D eigenvalue weighted by Crippen LogP contribution is -2.14. The van der Waals surface area contributed by atoms with Crippen molar-refractivity contribution in [2.45, 2.75) is 6.61 Å². The van der Waals surface area contributed by atoms with Crippen LogP contribution in [0.5, 0.6) is 11.5 Å². The van der Waals surface area contributed by atoms with Crippen molar-refractivity contribution in [3.05, 3.63) is 94.8 Å². The van der Waals surface area contributed by atoms with Gasteiger partial charge < -0.3 is 18.6 Å². The van der Waals surface area contributed by atoms with Gasteiger partial charge in [-0.25, -0.2) is 9.59 Å². The minimum atomic E-state index is -0.486. The topological polar surface area (TPSA) is 75.0 Å². The van der Waals surface area contributed by atoms with Crippen molar-refractivity contribution in [3.63, 3.8) is 0 Å². The van der Waals surface area contributed by atoms with Gasteiger partial charge >= 0.3 is 11.6 Å². The summed E-state index contributed by atoms with van der Waals surface area (Å²) in [6, 6.07) is 23.4. The van der Waals surface area contributed by atoms with E-state index in [4.69, 9.17) is 18.6 Å². The molecule has 4 rings (SSSR count). The van der Waals surface area contributed by atoms with Crippen LogP contribution in [-0.4, -0.2) is 19.7 Å². The van der Waals surface area contributed by atoms with Crippen molar-refractivity contribution in [2.75, 3.05) is 13.7 Å². The standard InChI is InChI=1S/C25H20O6/c1-28-20-10-7-18(8-11-20)22-13-19-9-12-21(14-23(19)31-25(22)27)29-16-24(26)30-15-17-5-3-2-4-6-17/h2-14H,15-16H2,1H3. The maximum Gasteiger partial charge on any atom is 0.344 e. The van der Waals surface area contributed by atoms with Crippen LogP contribution in [0.25, 0.3) is 22.1 Å². The predicted molar refractivity (Wildman–Crippen MR) is 116 cm³/mol. The van der Waals surface area contributed by atoms with Gasteiger partial charge in [0, 0.05) is 11.5 Å². The monoisotopic (exact) mass is 416 g/mol. The van der Waals surface area contributed by atoms with Gasteiger partial charge in [-0.1, -0.05) is 42.5 Å². The van der Waals surface area contributed by atoms with Gasteiger partial charge in [-0.2, -0.15) is 0 Å². The Balaban J connectivity index is 1.44. The summed E-state index contributed by atoms with van der Waals surface area (Å²) in [6.07, 6.45) is 0. The molecule has 0 spiro atoms. The Hall–Kier alpha value is -4.06. The molecule has 0 fully saturated rings. The lowest BCUT2D eigenvalue weighted by Gasteiger charge is -2.08. The van der Waals surface area contributed by atoms with E-state index in [9.17, 15) is 9.59 Å². The molecule has 0 aliphatic heterocycles. The summed E-state index contributed by atoms with van der Waals surface area (Å²) < 4.78 is 21.3. The highest BCUT2D eigenvalue weighted by Gasteiger charge is 2.10. The average molecular weight is 416 g/mol. The molecular weight excluding hydrogens is 396 g/mol. The minimum absolute atomic E-state index is 0.184. The number of fused-ring (bicyclic) bond motifs is 1. The first-order chi connectivity index (χ1) is 15.1. The van der Waals surface area contributed by atoms with Crippen molar-refractivity contribution < 1.29 is 23.4 Å². The third kappa shape index (κ3) is 4.93. The minimum Gasteiger partial charge on any atom is -0.497 e. The number of hydrogen-bond donors (Lipinski definition) is 0. The molecule has 1 aromatic heterocycles. The van der Waals surface area contributed by atoms with E-state index in [2.05, 4.69) is 0 Å². The molecule has 0 saturated heterocycles. The van der Waals surface area contributed by atoms with Gasteiger partial charge in [0.1, 0.15) is 23.7 Å².